The second kappa shape index (κ2) is 22.7. The molecule has 2 aliphatic heterocycles. The van der Waals surface area contributed by atoms with E-state index < -0.39 is 41.2 Å². The predicted octanol–water partition coefficient (Wildman–Crippen LogP) is 3.66. The highest BCUT2D eigenvalue weighted by atomic mass is 16.6. The third-order valence-corrected chi connectivity index (χ3v) is 6.63. The van der Waals surface area contributed by atoms with Crippen LogP contribution in [0.2, 0.25) is 0 Å². The van der Waals surface area contributed by atoms with Crippen molar-refractivity contribution in [1.82, 2.24) is 0 Å². The van der Waals surface area contributed by atoms with Crippen molar-refractivity contribution in [3.05, 3.63) is 83.4 Å². The molecule has 5 N–H and O–H groups in total. The summed E-state index contributed by atoms with van der Waals surface area (Å²) in [6.45, 7) is 5.36. The van der Waals surface area contributed by atoms with Gasteiger partial charge >= 0.3 is 35.8 Å². The topological polar surface area (TPSA) is 222 Å². The maximum absolute atomic E-state index is 10.8. The van der Waals surface area contributed by atoms with Crippen LogP contribution in [0.1, 0.15) is 83.9 Å². The summed E-state index contributed by atoms with van der Waals surface area (Å²) in [5.74, 6) is -3.89. The number of carboxylic acids is 2. The summed E-state index contributed by atoms with van der Waals surface area (Å²) in [6, 6.07) is 14.8. The normalized spacial score (nSPS) is 13.1. The number of benzene rings is 2. The zero-order valence-electron chi connectivity index (χ0n) is 26.1. The van der Waals surface area contributed by atoms with E-state index in [1.165, 1.54) is 0 Å². The summed E-state index contributed by atoms with van der Waals surface area (Å²) in [5, 5.41) is 43.0. The molecule has 0 bridgehead atoms. The van der Waals surface area contributed by atoms with Gasteiger partial charge in [0.05, 0.1) is 42.4 Å². The number of aliphatic hydroxyl groups excluding tert-OH is 3. The Hall–Kier alpha value is -4.72. The summed E-state index contributed by atoms with van der Waals surface area (Å²) in [4.78, 5) is 62.2. The summed E-state index contributed by atoms with van der Waals surface area (Å²) in [7, 11) is 0. The first-order valence-electron chi connectivity index (χ1n) is 14.5. The van der Waals surface area contributed by atoms with Gasteiger partial charge in [-0.25, -0.2) is 24.0 Å². The molecule has 2 heterocycles. The van der Waals surface area contributed by atoms with Crippen LogP contribution in [0.3, 0.4) is 0 Å². The highest BCUT2D eigenvalue weighted by molar-refractivity contribution is 6.14. The number of aliphatic hydroxyl groups is 3. The van der Waals surface area contributed by atoms with E-state index in [1.54, 1.807) is 54.6 Å². The summed E-state index contributed by atoms with van der Waals surface area (Å²) in [6.07, 6.45) is 6.48. The molecular weight excluding hydrogens is 604 g/mol. The van der Waals surface area contributed by atoms with Crippen molar-refractivity contribution in [2.75, 3.05) is 19.8 Å². The number of cyclic esters (lactones) is 4. The Morgan fingerprint density at radius 2 is 1.17 bits per heavy atom. The molecule has 2 aromatic carbocycles. The van der Waals surface area contributed by atoms with Gasteiger partial charge in [-0.2, -0.15) is 0 Å². The van der Waals surface area contributed by atoms with E-state index in [1.807, 2.05) is 13.8 Å². The van der Waals surface area contributed by atoms with Crippen LogP contribution in [-0.4, -0.2) is 81.2 Å². The van der Waals surface area contributed by atoms with Crippen molar-refractivity contribution in [2.45, 2.75) is 52.9 Å². The van der Waals surface area contributed by atoms with E-state index in [0.29, 0.717) is 23.1 Å². The van der Waals surface area contributed by atoms with Gasteiger partial charge in [-0.05, 0) is 43.5 Å². The Labute approximate surface area is 267 Å². The molecule has 0 fully saturated rings. The number of hydrogen-bond donors (Lipinski definition) is 5. The van der Waals surface area contributed by atoms with Gasteiger partial charge < -0.3 is 35.0 Å². The first kappa shape index (κ1) is 41.3. The molecule has 1 unspecified atom stereocenters. The third kappa shape index (κ3) is 15.3. The minimum absolute atomic E-state index is 0.111. The van der Waals surface area contributed by atoms with Crippen molar-refractivity contribution in [3.63, 3.8) is 0 Å². The quantitative estimate of drug-likeness (QED) is 0.184. The molecular formula is C33H42O13. The number of carbonyl (C=O) groups is 6. The molecule has 0 saturated heterocycles. The number of hydrogen-bond acceptors (Lipinski definition) is 11. The lowest BCUT2D eigenvalue weighted by Crippen LogP contribution is -2.32. The molecule has 0 amide bonds. The van der Waals surface area contributed by atoms with Gasteiger partial charge in [0.15, 0.2) is 0 Å². The lowest BCUT2D eigenvalue weighted by atomic mass is 9.88. The maximum atomic E-state index is 10.8. The van der Waals surface area contributed by atoms with Crippen LogP contribution in [0.25, 0.3) is 0 Å². The molecule has 0 saturated carbocycles. The van der Waals surface area contributed by atoms with E-state index >= 15 is 0 Å². The monoisotopic (exact) mass is 646 g/mol. The highest BCUT2D eigenvalue weighted by Crippen LogP contribution is 2.19. The summed E-state index contributed by atoms with van der Waals surface area (Å²) in [5.41, 5.74) is 0.382. The van der Waals surface area contributed by atoms with Gasteiger partial charge in [-0.1, -0.05) is 63.9 Å². The van der Waals surface area contributed by atoms with Gasteiger partial charge in [0, 0.05) is 17.6 Å². The highest BCUT2D eigenvalue weighted by Gasteiger charge is 2.28. The summed E-state index contributed by atoms with van der Waals surface area (Å²) < 4.78 is 8.33. The minimum atomic E-state index is -0.879. The number of ether oxygens (including phenoxy) is 2. The van der Waals surface area contributed by atoms with Crippen molar-refractivity contribution >= 4 is 35.8 Å². The second-order valence-corrected chi connectivity index (χ2v) is 9.88. The van der Waals surface area contributed by atoms with Gasteiger partial charge in [-0.3, -0.25) is 4.79 Å². The molecule has 0 aliphatic carbocycles. The number of unbranched alkanes of at least 4 members (excludes halogenated alkanes) is 1. The largest absolute Gasteiger partial charge is 0.481 e. The number of aromatic carboxylic acids is 1. The van der Waals surface area contributed by atoms with Crippen molar-refractivity contribution in [1.29, 1.82) is 0 Å². The van der Waals surface area contributed by atoms with E-state index in [0.717, 1.165) is 37.8 Å². The number of esters is 4. The Morgan fingerprint density at radius 1 is 0.717 bits per heavy atom. The first-order valence-corrected chi connectivity index (χ1v) is 14.5. The molecule has 2 aliphatic rings. The number of fused-ring (bicyclic) bond motifs is 1. The molecule has 13 nitrogen and oxygen atoms in total. The predicted molar refractivity (Wildman–Crippen MR) is 165 cm³/mol. The number of rotatable bonds is 10. The van der Waals surface area contributed by atoms with E-state index in [9.17, 15) is 28.8 Å². The Kier molecular flexibility index (Phi) is 20.4. The lowest BCUT2D eigenvalue weighted by molar-refractivity contribution is -0.150. The number of carbonyl (C=O) groups excluding carboxylic acids is 4. The molecule has 252 valence electrons. The fraction of sp³-hybridized carbons (Fsp3) is 0.394. The van der Waals surface area contributed by atoms with Crippen LogP contribution >= 0.6 is 0 Å². The Bertz CT molecular complexity index is 1230. The fourth-order valence-electron chi connectivity index (χ4n) is 3.36. The first-order chi connectivity index (χ1) is 21.8. The van der Waals surface area contributed by atoms with Gasteiger partial charge in [0.2, 0.25) is 0 Å². The van der Waals surface area contributed by atoms with Crippen LogP contribution in [0.15, 0.2) is 66.7 Å². The van der Waals surface area contributed by atoms with Gasteiger partial charge in [0.25, 0.3) is 0 Å². The van der Waals surface area contributed by atoms with Gasteiger partial charge in [-0.15, -0.1) is 0 Å². The van der Waals surface area contributed by atoms with E-state index in [2.05, 4.69) is 16.4 Å². The molecule has 1 atom stereocenters. The molecule has 0 aromatic heterocycles. The molecule has 46 heavy (non-hydrogen) atoms. The number of aliphatic carboxylic acids is 1. The minimum Gasteiger partial charge on any atom is -0.481 e. The molecule has 0 spiro atoms. The smallest absolute Gasteiger partial charge is 0.346 e. The fourth-order valence-corrected chi connectivity index (χ4v) is 3.36. The van der Waals surface area contributed by atoms with Crippen molar-refractivity contribution < 1.29 is 63.8 Å². The number of carboxylic acid groups (broad SMARTS) is 2. The average Bonchev–Trinajstić information content (AvgIpc) is 3.59. The molecule has 13 heteroatoms. The SMILES string of the molecule is CCC(CO)(CO)CO.CCCCC(CC)C(=O)O.O=C(O)c1ccccc1.O=C1C=CC(=O)O1.O=C1OC(=O)c2ccccc21. The molecule has 2 aromatic rings. The third-order valence-electron chi connectivity index (χ3n) is 6.63. The van der Waals surface area contributed by atoms with Crippen LogP contribution in [0, 0.1) is 11.3 Å². The second-order valence-electron chi connectivity index (χ2n) is 9.88. The van der Waals surface area contributed by atoms with Crippen LogP contribution < -0.4 is 0 Å². The molecule has 4 rings (SSSR count). The van der Waals surface area contributed by atoms with E-state index in [-0.39, 0.29) is 25.7 Å². The van der Waals surface area contributed by atoms with Crippen molar-refractivity contribution in [2.24, 2.45) is 11.3 Å². The Morgan fingerprint density at radius 3 is 1.43 bits per heavy atom. The lowest BCUT2D eigenvalue weighted by Gasteiger charge is -2.24. The van der Waals surface area contributed by atoms with Crippen LogP contribution in [0.5, 0.6) is 0 Å². The summed E-state index contributed by atoms with van der Waals surface area (Å²) >= 11 is 0. The van der Waals surface area contributed by atoms with Crippen molar-refractivity contribution in [3.8, 4) is 0 Å². The van der Waals surface area contributed by atoms with Crippen LogP contribution in [0.4, 0.5) is 0 Å². The zero-order chi connectivity index (χ0) is 35.1. The Balaban J connectivity index is 0.000000554. The van der Waals surface area contributed by atoms with Gasteiger partial charge in [0.1, 0.15) is 0 Å². The molecule has 0 radical (unpaired) electrons. The average molecular weight is 647 g/mol. The zero-order valence-corrected chi connectivity index (χ0v) is 26.1. The van der Waals surface area contributed by atoms with E-state index in [4.69, 9.17) is 25.5 Å². The maximum Gasteiger partial charge on any atom is 0.346 e. The standard InChI is InChI=1S/C8H4O3.C8H16O2.C7H6O2.C6H14O3.C4H2O3/c9-7-5-3-1-2-4-6(5)8(10)11-7;1-3-5-6-7(4-2)8(9)10;8-7(9)6-4-2-1-3-5-6;1-2-6(3-7,4-8)5-9;5-3-1-2-4(6)7-3/h1-4H;7H,3-6H2,1-2H3,(H,9,10);1-5H,(H,8,9);7-9H,2-5H2,1H3;1-2H. The van der Waals surface area contributed by atoms with Crippen LogP contribution in [-0.2, 0) is 23.9 Å².